The largest absolute Gasteiger partial charge is 0.383 e. The molecular weight excluding hydrogens is 309 g/mol. The van der Waals surface area contributed by atoms with Crippen LogP contribution in [0.3, 0.4) is 0 Å². The summed E-state index contributed by atoms with van der Waals surface area (Å²) >= 11 is 0. The van der Waals surface area contributed by atoms with Gasteiger partial charge < -0.3 is 16.4 Å². The molecular formula is C18H26FN3O2. The molecule has 0 heterocycles. The molecule has 0 unspecified atom stereocenters. The van der Waals surface area contributed by atoms with Crippen molar-refractivity contribution in [3.05, 3.63) is 30.1 Å². The van der Waals surface area contributed by atoms with E-state index in [-0.39, 0.29) is 17.6 Å². The molecule has 4 N–H and O–H groups in total. The van der Waals surface area contributed by atoms with Gasteiger partial charge in [-0.2, -0.15) is 0 Å². The van der Waals surface area contributed by atoms with E-state index >= 15 is 0 Å². The monoisotopic (exact) mass is 335 g/mol. The van der Waals surface area contributed by atoms with Gasteiger partial charge in [-0.1, -0.05) is 19.3 Å². The number of carbonyl (C=O) groups excluding carboxylic acids is 2. The number of anilines is 1. The molecule has 5 nitrogen and oxygen atoms in total. The zero-order valence-electron chi connectivity index (χ0n) is 13.9. The molecule has 1 aliphatic rings. The number of carbonyl (C=O) groups is 2. The summed E-state index contributed by atoms with van der Waals surface area (Å²) in [5.74, 6) is -0.616. The Hall–Kier alpha value is -2.11. The fourth-order valence-electron chi connectivity index (χ4n) is 3.27. The first-order valence-electron chi connectivity index (χ1n) is 8.58. The van der Waals surface area contributed by atoms with Crippen molar-refractivity contribution in [2.75, 3.05) is 18.4 Å². The fraction of sp³-hybridized carbons (Fsp3) is 0.556. The van der Waals surface area contributed by atoms with Crippen LogP contribution in [0.1, 0.15) is 44.9 Å². The minimum atomic E-state index is -0.498. The first-order valence-corrected chi connectivity index (χ1v) is 8.58. The summed E-state index contributed by atoms with van der Waals surface area (Å²) < 4.78 is 12.8. The highest BCUT2D eigenvalue weighted by atomic mass is 19.1. The van der Waals surface area contributed by atoms with E-state index in [4.69, 9.17) is 5.73 Å². The van der Waals surface area contributed by atoms with Crippen LogP contribution in [-0.4, -0.2) is 24.9 Å². The molecule has 0 saturated heterocycles. The maximum Gasteiger partial charge on any atom is 0.223 e. The molecule has 0 radical (unpaired) electrons. The van der Waals surface area contributed by atoms with Gasteiger partial charge in [0.25, 0.3) is 0 Å². The minimum Gasteiger partial charge on any atom is -0.383 e. The van der Waals surface area contributed by atoms with E-state index in [2.05, 4.69) is 10.6 Å². The van der Waals surface area contributed by atoms with Gasteiger partial charge >= 0.3 is 0 Å². The van der Waals surface area contributed by atoms with Crippen molar-refractivity contribution in [1.82, 2.24) is 5.32 Å². The summed E-state index contributed by atoms with van der Waals surface area (Å²) in [5.41, 5.74) is 5.89. The van der Waals surface area contributed by atoms with Crippen LogP contribution >= 0.6 is 0 Å². The summed E-state index contributed by atoms with van der Waals surface area (Å²) in [7, 11) is 0. The highest BCUT2D eigenvalue weighted by Gasteiger charge is 2.37. The number of rotatable bonds is 8. The Morgan fingerprint density at radius 1 is 1.08 bits per heavy atom. The lowest BCUT2D eigenvalue weighted by Crippen LogP contribution is -2.40. The van der Waals surface area contributed by atoms with Gasteiger partial charge in [-0.3, -0.25) is 9.59 Å². The number of benzene rings is 1. The molecule has 2 rings (SSSR count). The Labute approximate surface area is 142 Å². The predicted molar refractivity (Wildman–Crippen MR) is 91.8 cm³/mol. The van der Waals surface area contributed by atoms with E-state index in [9.17, 15) is 14.0 Å². The number of halogens is 1. The van der Waals surface area contributed by atoms with Crippen molar-refractivity contribution in [3.63, 3.8) is 0 Å². The number of primary amides is 1. The van der Waals surface area contributed by atoms with Crippen molar-refractivity contribution in [2.45, 2.75) is 44.9 Å². The lowest BCUT2D eigenvalue weighted by molar-refractivity contribution is -0.131. The van der Waals surface area contributed by atoms with Crippen LogP contribution in [0, 0.1) is 11.2 Å². The van der Waals surface area contributed by atoms with Gasteiger partial charge in [0.1, 0.15) is 5.82 Å². The van der Waals surface area contributed by atoms with E-state index in [1.807, 2.05) is 0 Å². The number of amides is 2. The molecule has 6 heteroatoms. The number of hydrogen-bond donors (Lipinski definition) is 3. The molecule has 2 amide bonds. The molecule has 1 aromatic carbocycles. The van der Waals surface area contributed by atoms with E-state index in [0.717, 1.165) is 37.8 Å². The molecule has 1 saturated carbocycles. The van der Waals surface area contributed by atoms with Gasteiger partial charge in [0.15, 0.2) is 0 Å². The SMILES string of the molecule is NC(=O)C1(CCC(=O)NCCNc2ccc(F)cc2)CCCCC1. The third-order valence-corrected chi connectivity index (χ3v) is 4.78. The summed E-state index contributed by atoms with van der Waals surface area (Å²) in [6.07, 6.45) is 5.58. The highest BCUT2D eigenvalue weighted by Crippen LogP contribution is 2.39. The lowest BCUT2D eigenvalue weighted by atomic mass is 9.70. The standard InChI is InChI=1S/C18H26FN3O2/c19-14-4-6-15(7-5-14)21-12-13-22-16(23)8-11-18(17(20)24)9-2-1-3-10-18/h4-7,21H,1-3,8-13H2,(H2,20,24)(H,22,23). The van der Waals surface area contributed by atoms with Gasteiger partial charge in [-0.05, 0) is 43.5 Å². The lowest BCUT2D eigenvalue weighted by Gasteiger charge is -2.34. The third kappa shape index (κ3) is 5.22. The average molecular weight is 335 g/mol. The number of hydrogen-bond acceptors (Lipinski definition) is 3. The van der Waals surface area contributed by atoms with Crippen molar-refractivity contribution in [3.8, 4) is 0 Å². The maximum atomic E-state index is 12.8. The Balaban J connectivity index is 1.67. The molecule has 1 fully saturated rings. The van der Waals surface area contributed by atoms with E-state index in [0.29, 0.717) is 25.9 Å². The first-order chi connectivity index (χ1) is 11.5. The Kier molecular flexibility index (Phi) is 6.58. The van der Waals surface area contributed by atoms with E-state index < -0.39 is 5.41 Å². The van der Waals surface area contributed by atoms with Crippen LogP contribution in [0.5, 0.6) is 0 Å². The zero-order chi connectivity index (χ0) is 17.4. The van der Waals surface area contributed by atoms with Crippen LogP contribution in [0.15, 0.2) is 24.3 Å². The summed E-state index contributed by atoms with van der Waals surface area (Å²) in [4.78, 5) is 23.7. The van der Waals surface area contributed by atoms with Gasteiger partial charge in [0, 0.05) is 30.6 Å². The third-order valence-electron chi connectivity index (χ3n) is 4.78. The average Bonchev–Trinajstić information content (AvgIpc) is 2.59. The first kappa shape index (κ1) is 18.2. The molecule has 132 valence electrons. The highest BCUT2D eigenvalue weighted by molar-refractivity contribution is 5.82. The molecule has 0 aromatic heterocycles. The van der Waals surface area contributed by atoms with Crippen LogP contribution in [0.4, 0.5) is 10.1 Å². The van der Waals surface area contributed by atoms with Gasteiger partial charge in [0.05, 0.1) is 0 Å². The normalized spacial score (nSPS) is 16.4. The quantitative estimate of drug-likeness (QED) is 0.638. The Bertz CT molecular complexity index is 554. The number of nitrogens with two attached hydrogens (primary N) is 1. The van der Waals surface area contributed by atoms with E-state index in [1.54, 1.807) is 12.1 Å². The van der Waals surface area contributed by atoms with Crippen LogP contribution < -0.4 is 16.4 Å². The molecule has 0 atom stereocenters. The molecule has 0 spiro atoms. The maximum absolute atomic E-state index is 12.8. The van der Waals surface area contributed by atoms with Crippen LogP contribution in [-0.2, 0) is 9.59 Å². The summed E-state index contributed by atoms with van der Waals surface area (Å²) in [6, 6.07) is 6.07. The van der Waals surface area contributed by atoms with Crippen molar-refractivity contribution in [1.29, 1.82) is 0 Å². The second-order valence-electron chi connectivity index (χ2n) is 6.49. The van der Waals surface area contributed by atoms with Crippen molar-refractivity contribution < 1.29 is 14.0 Å². The van der Waals surface area contributed by atoms with Crippen molar-refractivity contribution >= 4 is 17.5 Å². The summed E-state index contributed by atoms with van der Waals surface area (Å²) in [6.45, 7) is 1.03. The Morgan fingerprint density at radius 3 is 2.38 bits per heavy atom. The molecule has 0 aliphatic heterocycles. The van der Waals surface area contributed by atoms with Gasteiger partial charge in [0.2, 0.25) is 11.8 Å². The second-order valence-corrected chi connectivity index (χ2v) is 6.49. The molecule has 24 heavy (non-hydrogen) atoms. The second kappa shape index (κ2) is 8.66. The fourth-order valence-corrected chi connectivity index (χ4v) is 3.27. The van der Waals surface area contributed by atoms with Crippen LogP contribution in [0.25, 0.3) is 0 Å². The summed E-state index contributed by atoms with van der Waals surface area (Å²) in [5, 5.41) is 5.94. The van der Waals surface area contributed by atoms with E-state index in [1.165, 1.54) is 12.1 Å². The van der Waals surface area contributed by atoms with Crippen LogP contribution in [0.2, 0.25) is 0 Å². The molecule has 1 aromatic rings. The van der Waals surface area contributed by atoms with Gasteiger partial charge in [-0.25, -0.2) is 4.39 Å². The number of nitrogens with one attached hydrogen (secondary N) is 2. The molecule has 0 bridgehead atoms. The van der Waals surface area contributed by atoms with Gasteiger partial charge in [-0.15, -0.1) is 0 Å². The molecule has 1 aliphatic carbocycles. The predicted octanol–water partition coefficient (Wildman–Crippen LogP) is 2.57. The smallest absolute Gasteiger partial charge is 0.223 e. The topological polar surface area (TPSA) is 84.2 Å². The minimum absolute atomic E-state index is 0.0675. The van der Waals surface area contributed by atoms with Crippen molar-refractivity contribution in [2.24, 2.45) is 11.1 Å². The zero-order valence-corrected chi connectivity index (χ0v) is 13.9. The Morgan fingerprint density at radius 2 is 1.75 bits per heavy atom.